The number of halogens is 1. The van der Waals surface area contributed by atoms with E-state index in [0.29, 0.717) is 22.2 Å². The van der Waals surface area contributed by atoms with Crippen molar-refractivity contribution >= 4 is 34.8 Å². The molecule has 6 nitrogen and oxygen atoms in total. The van der Waals surface area contributed by atoms with Gasteiger partial charge in [0.05, 0.1) is 29.0 Å². The minimum atomic E-state index is -0.271. The Morgan fingerprint density at radius 2 is 1.77 bits per heavy atom. The molecule has 0 radical (unpaired) electrons. The van der Waals surface area contributed by atoms with Crippen molar-refractivity contribution in [2.45, 2.75) is 33.4 Å². The van der Waals surface area contributed by atoms with Gasteiger partial charge in [0.2, 0.25) is 0 Å². The van der Waals surface area contributed by atoms with E-state index in [0.717, 1.165) is 22.5 Å². The summed E-state index contributed by atoms with van der Waals surface area (Å²) < 4.78 is 1.85. The number of hydrazine groups is 1. The van der Waals surface area contributed by atoms with Crippen LogP contribution in [0.1, 0.15) is 45.8 Å². The molecule has 156 valence electrons. The number of amides is 1. The molecule has 0 unspecified atom stereocenters. The predicted molar refractivity (Wildman–Crippen MR) is 123 cm³/mol. The number of nitrogens with one attached hydrogen (secondary N) is 3. The number of nitrogens with zero attached hydrogens (tertiary/aromatic N) is 2. The van der Waals surface area contributed by atoms with E-state index in [9.17, 15) is 4.79 Å². The monoisotopic (exact) mass is 441 g/mol. The maximum atomic E-state index is 12.4. The first-order valence-electron chi connectivity index (χ1n) is 9.55. The Morgan fingerprint density at radius 3 is 2.37 bits per heavy atom. The zero-order valence-electron chi connectivity index (χ0n) is 17.1. The zero-order chi connectivity index (χ0) is 21.7. The quantitative estimate of drug-likeness (QED) is 0.411. The second-order valence-corrected chi connectivity index (χ2v) is 7.81. The number of rotatable bonds is 5. The van der Waals surface area contributed by atoms with Crippen LogP contribution in [0.3, 0.4) is 0 Å². The number of carbonyl (C=O) groups is 1. The highest BCUT2D eigenvalue weighted by atomic mass is 35.5. The van der Waals surface area contributed by atoms with Crippen LogP contribution < -0.4 is 16.2 Å². The predicted octanol–water partition coefficient (Wildman–Crippen LogP) is 4.07. The lowest BCUT2D eigenvalue weighted by molar-refractivity contribution is 0.0943. The fourth-order valence-corrected chi connectivity index (χ4v) is 3.37. The van der Waals surface area contributed by atoms with E-state index in [-0.39, 0.29) is 11.9 Å². The van der Waals surface area contributed by atoms with Crippen LogP contribution in [0.5, 0.6) is 0 Å². The molecule has 0 spiro atoms. The Hall–Kier alpha value is -2.90. The molecule has 0 fully saturated rings. The molecule has 0 aliphatic carbocycles. The van der Waals surface area contributed by atoms with Crippen molar-refractivity contribution in [1.82, 2.24) is 25.9 Å². The van der Waals surface area contributed by atoms with Gasteiger partial charge in [-0.25, -0.2) is 0 Å². The molecule has 3 N–H and O–H groups in total. The summed E-state index contributed by atoms with van der Waals surface area (Å²) in [4.78, 5) is 12.4. The van der Waals surface area contributed by atoms with E-state index in [2.05, 4.69) is 21.3 Å². The largest absolute Gasteiger partial charge is 0.355 e. The van der Waals surface area contributed by atoms with E-state index < -0.39 is 0 Å². The summed E-state index contributed by atoms with van der Waals surface area (Å²) in [7, 11) is 0. The topological polar surface area (TPSA) is 71.0 Å². The third-order valence-corrected chi connectivity index (χ3v) is 5.55. The van der Waals surface area contributed by atoms with Gasteiger partial charge < -0.3 is 5.32 Å². The smallest absolute Gasteiger partial charge is 0.269 e. The van der Waals surface area contributed by atoms with Gasteiger partial charge in [-0.15, -0.1) is 0 Å². The lowest BCUT2D eigenvalue weighted by Gasteiger charge is -2.17. The maximum Gasteiger partial charge on any atom is 0.269 e. The molecule has 0 saturated carbocycles. The van der Waals surface area contributed by atoms with Gasteiger partial charge >= 0.3 is 0 Å². The summed E-state index contributed by atoms with van der Waals surface area (Å²) in [6, 6.07) is 17.3. The number of aryl methyl sites for hydroxylation is 1. The van der Waals surface area contributed by atoms with E-state index in [4.69, 9.17) is 23.8 Å². The first-order chi connectivity index (χ1) is 14.3. The van der Waals surface area contributed by atoms with Crippen LogP contribution in [0.2, 0.25) is 5.02 Å². The molecule has 0 aliphatic rings. The van der Waals surface area contributed by atoms with Crippen molar-refractivity contribution in [2.24, 2.45) is 0 Å². The molecule has 8 heteroatoms. The molecule has 1 heterocycles. The van der Waals surface area contributed by atoms with Crippen molar-refractivity contribution in [3.8, 4) is 0 Å². The van der Waals surface area contributed by atoms with Crippen LogP contribution in [0.4, 0.5) is 0 Å². The molecule has 3 rings (SSSR count). The van der Waals surface area contributed by atoms with E-state index in [1.165, 1.54) is 0 Å². The van der Waals surface area contributed by atoms with Gasteiger partial charge in [0.15, 0.2) is 5.11 Å². The Kier molecular flexibility index (Phi) is 7.07. The molecule has 1 aromatic heterocycles. The van der Waals surface area contributed by atoms with Gasteiger partial charge in [0, 0.05) is 5.56 Å². The number of hydrogen-bond donors (Lipinski definition) is 3. The summed E-state index contributed by atoms with van der Waals surface area (Å²) >= 11 is 11.5. The molecule has 1 atom stereocenters. The standard InChI is InChI=1S/C22H24ClN5OS/c1-14(18-7-5-4-6-8-18)24-22(30)26-25-21(29)19-11-9-17(10-12-19)13-28-16(3)20(23)15(2)27-28/h4-12,14H,13H2,1-3H3,(H,25,29)(H2,24,26,30)/t14-/m0/s1. The number of carbonyl (C=O) groups excluding carboxylic acids is 1. The number of hydrogen-bond acceptors (Lipinski definition) is 3. The van der Waals surface area contributed by atoms with Crippen LogP contribution in [0, 0.1) is 13.8 Å². The zero-order valence-corrected chi connectivity index (χ0v) is 18.6. The van der Waals surface area contributed by atoms with E-state index >= 15 is 0 Å². The number of aromatic nitrogens is 2. The Labute approximate surface area is 186 Å². The number of benzene rings is 2. The summed E-state index contributed by atoms with van der Waals surface area (Å²) in [6.45, 7) is 6.41. The van der Waals surface area contributed by atoms with Crippen molar-refractivity contribution in [3.05, 3.63) is 87.7 Å². The molecule has 30 heavy (non-hydrogen) atoms. The first-order valence-corrected chi connectivity index (χ1v) is 10.3. The normalized spacial score (nSPS) is 11.6. The molecule has 0 saturated heterocycles. The van der Waals surface area contributed by atoms with Crippen LogP contribution in [0.25, 0.3) is 0 Å². The van der Waals surface area contributed by atoms with Gasteiger partial charge in [0.25, 0.3) is 5.91 Å². The summed E-state index contributed by atoms with van der Waals surface area (Å²) in [5.74, 6) is -0.271. The van der Waals surface area contributed by atoms with E-state index in [1.807, 2.05) is 67.9 Å². The second-order valence-electron chi connectivity index (χ2n) is 7.02. The molecular formula is C22H24ClN5OS. The summed E-state index contributed by atoms with van der Waals surface area (Å²) in [6.07, 6.45) is 0. The van der Waals surface area contributed by atoms with Crippen LogP contribution in [-0.4, -0.2) is 20.8 Å². The molecule has 1 amide bonds. The summed E-state index contributed by atoms with van der Waals surface area (Å²) in [5.41, 5.74) is 9.74. The van der Waals surface area contributed by atoms with Crippen LogP contribution in [-0.2, 0) is 6.54 Å². The van der Waals surface area contributed by atoms with Gasteiger partial charge in [-0.2, -0.15) is 5.10 Å². The van der Waals surface area contributed by atoms with Gasteiger partial charge in [-0.3, -0.25) is 20.3 Å². The highest BCUT2D eigenvalue weighted by Crippen LogP contribution is 2.20. The average molecular weight is 442 g/mol. The maximum absolute atomic E-state index is 12.4. The highest BCUT2D eigenvalue weighted by Gasteiger charge is 2.11. The van der Waals surface area contributed by atoms with Gasteiger partial charge in [-0.05, 0) is 56.2 Å². The molecule has 3 aromatic rings. The van der Waals surface area contributed by atoms with Gasteiger partial charge in [0.1, 0.15) is 0 Å². The van der Waals surface area contributed by atoms with Crippen LogP contribution >= 0.6 is 23.8 Å². The fraction of sp³-hybridized carbons (Fsp3) is 0.227. The molecule has 0 bridgehead atoms. The third kappa shape index (κ3) is 5.37. The summed E-state index contributed by atoms with van der Waals surface area (Å²) in [5, 5.41) is 8.60. The molecular weight excluding hydrogens is 418 g/mol. The Bertz CT molecular complexity index is 1030. The van der Waals surface area contributed by atoms with E-state index in [1.54, 1.807) is 12.1 Å². The van der Waals surface area contributed by atoms with Crippen molar-refractivity contribution in [2.75, 3.05) is 0 Å². The SMILES string of the molecule is Cc1nn(Cc2ccc(C(=O)NNC(=S)N[C@@H](C)c3ccccc3)cc2)c(C)c1Cl. The van der Waals surface area contributed by atoms with Crippen molar-refractivity contribution in [3.63, 3.8) is 0 Å². The lowest BCUT2D eigenvalue weighted by atomic mass is 10.1. The average Bonchev–Trinajstić information content (AvgIpc) is 2.99. The number of thiocarbonyl (C=S) groups is 1. The van der Waals surface area contributed by atoms with Crippen molar-refractivity contribution in [1.29, 1.82) is 0 Å². The van der Waals surface area contributed by atoms with Crippen LogP contribution in [0.15, 0.2) is 54.6 Å². The first kappa shape index (κ1) is 21.8. The Morgan fingerprint density at radius 1 is 1.10 bits per heavy atom. The Balaban J connectivity index is 1.52. The lowest BCUT2D eigenvalue weighted by Crippen LogP contribution is -2.47. The minimum Gasteiger partial charge on any atom is -0.355 e. The molecule has 2 aromatic carbocycles. The van der Waals surface area contributed by atoms with Crippen molar-refractivity contribution < 1.29 is 4.79 Å². The van der Waals surface area contributed by atoms with Gasteiger partial charge in [-0.1, -0.05) is 54.1 Å². The third-order valence-electron chi connectivity index (χ3n) is 4.78. The highest BCUT2D eigenvalue weighted by molar-refractivity contribution is 7.80. The fourth-order valence-electron chi connectivity index (χ4n) is 3.01. The molecule has 0 aliphatic heterocycles. The minimum absolute atomic E-state index is 0.0188. The second kappa shape index (κ2) is 9.73.